The van der Waals surface area contributed by atoms with E-state index in [-0.39, 0.29) is 17.5 Å². The summed E-state index contributed by atoms with van der Waals surface area (Å²) >= 11 is 1.33. The van der Waals surface area contributed by atoms with Crippen LogP contribution < -0.4 is 10.1 Å². The standard InChI is InChI=1S/C18H17N3O4S/c1-10(2)25-17(23)14-6-4-5-13(19-14)16(22)21-18-20-12-8-7-11(24-3)9-15(12)26-18/h4-10H,1-3H3,(H,20,21,22). The van der Waals surface area contributed by atoms with Crippen LogP contribution in [0.1, 0.15) is 34.8 Å². The lowest BCUT2D eigenvalue weighted by Crippen LogP contribution is -2.17. The van der Waals surface area contributed by atoms with Crippen molar-refractivity contribution >= 4 is 38.6 Å². The van der Waals surface area contributed by atoms with Gasteiger partial charge in [-0.1, -0.05) is 17.4 Å². The van der Waals surface area contributed by atoms with Gasteiger partial charge < -0.3 is 9.47 Å². The minimum Gasteiger partial charge on any atom is -0.497 e. The Kier molecular flexibility index (Phi) is 5.13. The highest BCUT2D eigenvalue weighted by Crippen LogP contribution is 2.29. The van der Waals surface area contributed by atoms with Gasteiger partial charge in [0.15, 0.2) is 5.13 Å². The zero-order valence-electron chi connectivity index (χ0n) is 14.5. The van der Waals surface area contributed by atoms with Crippen LogP contribution >= 0.6 is 11.3 Å². The van der Waals surface area contributed by atoms with Crippen molar-refractivity contribution in [1.82, 2.24) is 9.97 Å². The maximum atomic E-state index is 12.4. The van der Waals surface area contributed by atoms with E-state index in [0.717, 1.165) is 16.0 Å². The van der Waals surface area contributed by atoms with Crippen LogP contribution in [0.25, 0.3) is 10.2 Å². The van der Waals surface area contributed by atoms with Gasteiger partial charge in [0.05, 0.1) is 23.4 Å². The molecule has 0 atom stereocenters. The molecular formula is C18H17N3O4S. The molecule has 3 rings (SSSR count). The zero-order valence-corrected chi connectivity index (χ0v) is 15.3. The van der Waals surface area contributed by atoms with Crippen molar-refractivity contribution in [1.29, 1.82) is 0 Å². The fourth-order valence-electron chi connectivity index (χ4n) is 2.20. The van der Waals surface area contributed by atoms with Gasteiger partial charge in [-0.05, 0) is 44.2 Å². The number of nitrogens with one attached hydrogen (secondary N) is 1. The smallest absolute Gasteiger partial charge is 0.357 e. The lowest BCUT2D eigenvalue weighted by molar-refractivity contribution is 0.0371. The third kappa shape index (κ3) is 3.97. The van der Waals surface area contributed by atoms with Crippen LogP contribution in [0.15, 0.2) is 36.4 Å². The summed E-state index contributed by atoms with van der Waals surface area (Å²) in [6.07, 6.45) is -0.262. The number of carbonyl (C=O) groups is 2. The average Bonchev–Trinajstić information content (AvgIpc) is 3.02. The number of amides is 1. The summed E-state index contributed by atoms with van der Waals surface area (Å²) in [5.74, 6) is -0.297. The molecule has 1 amide bonds. The Hall–Kier alpha value is -3.00. The molecule has 0 bridgehead atoms. The van der Waals surface area contributed by atoms with Crippen molar-refractivity contribution in [2.75, 3.05) is 12.4 Å². The highest BCUT2D eigenvalue weighted by molar-refractivity contribution is 7.22. The third-order valence-corrected chi connectivity index (χ3v) is 4.28. The molecule has 0 spiro atoms. The van der Waals surface area contributed by atoms with E-state index in [1.807, 2.05) is 12.1 Å². The average molecular weight is 371 g/mol. The molecule has 0 fully saturated rings. The molecule has 1 N–H and O–H groups in total. The van der Waals surface area contributed by atoms with Crippen molar-refractivity contribution in [2.45, 2.75) is 20.0 Å². The van der Waals surface area contributed by atoms with Gasteiger partial charge >= 0.3 is 5.97 Å². The van der Waals surface area contributed by atoms with E-state index in [0.29, 0.717) is 5.13 Å². The molecule has 0 aliphatic rings. The van der Waals surface area contributed by atoms with E-state index in [1.165, 1.54) is 23.5 Å². The first kappa shape index (κ1) is 17.8. The number of hydrogen-bond donors (Lipinski definition) is 1. The minimum absolute atomic E-state index is 0.0837. The Labute approximate surface area is 154 Å². The van der Waals surface area contributed by atoms with E-state index in [2.05, 4.69) is 15.3 Å². The number of esters is 1. The second-order valence-corrected chi connectivity index (χ2v) is 6.70. The van der Waals surface area contributed by atoms with E-state index in [4.69, 9.17) is 9.47 Å². The molecule has 134 valence electrons. The Morgan fingerprint density at radius 1 is 1.12 bits per heavy atom. The summed E-state index contributed by atoms with van der Waals surface area (Å²) in [6, 6.07) is 10.1. The summed E-state index contributed by atoms with van der Waals surface area (Å²) < 4.78 is 11.2. The molecule has 2 aromatic heterocycles. The molecule has 0 saturated carbocycles. The molecule has 8 heteroatoms. The predicted molar refractivity (Wildman–Crippen MR) is 98.9 cm³/mol. The summed E-state index contributed by atoms with van der Waals surface area (Å²) in [5, 5.41) is 3.15. The SMILES string of the molecule is COc1ccc2nc(NC(=O)c3cccc(C(=O)OC(C)C)n3)sc2c1. The van der Waals surface area contributed by atoms with Crippen LogP contribution in [-0.2, 0) is 4.74 Å². The number of ether oxygens (including phenoxy) is 2. The molecule has 0 saturated heterocycles. The first-order chi connectivity index (χ1) is 12.5. The number of methoxy groups -OCH3 is 1. The molecular weight excluding hydrogens is 354 g/mol. The quantitative estimate of drug-likeness (QED) is 0.690. The predicted octanol–water partition coefficient (Wildman–Crippen LogP) is 3.52. The summed E-state index contributed by atoms with van der Waals surface area (Å²) in [7, 11) is 1.59. The zero-order chi connectivity index (χ0) is 18.7. The fourth-order valence-corrected chi connectivity index (χ4v) is 3.09. The number of thiazole rings is 1. The Morgan fingerprint density at radius 3 is 2.62 bits per heavy atom. The van der Waals surface area contributed by atoms with Gasteiger partial charge in [-0.2, -0.15) is 0 Å². The first-order valence-corrected chi connectivity index (χ1v) is 8.72. The summed E-state index contributed by atoms with van der Waals surface area (Å²) in [4.78, 5) is 32.8. The molecule has 7 nitrogen and oxygen atoms in total. The fraction of sp³-hybridized carbons (Fsp3) is 0.222. The number of aromatic nitrogens is 2. The highest BCUT2D eigenvalue weighted by Gasteiger charge is 2.16. The molecule has 0 radical (unpaired) electrons. The Morgan fingerprint density at radius 2 is 1.88 bits per heavy atom. The molecule has 1 aromatic carbocycles. The molecule has 2 heterocycles. The second kappa shape index (κ2) is 7.49. The van der Waals surface area contributed by atoms with Crippen LogP contribution in [0.5, 0.6) is 5.75 Å². The largest absolute Gasteiger partial charge is 0.497 e. The van der Waals surface area contributed by atoms with Crippen LogP contribution in [0, 0.1) is 0 Å². The maximum Gasteiger partial charge on any atom is 0.357 e. The minimum atomic E-state index is -0.568. The van der Waals surface area contributed by atoms with Gasteiger partial charge in [0.1, 0.15) is 17.1 Å². The first-order valence-electron chi connectivity index (χ1n) is 7.90. The number of rotatable bonds is 5. The molecule has 0 unspecified atom stereocenters. The van der Waals surface area contributed by atoms with Crippen LogP contribution in [0.3, 0.4) is 0 Å². The monoisotopic (exact) mass is 371 g/mol. The molecule has 3 aromatic rings. The van der Waals surface area contributed by atoms with E-state index in [9.17, 15) is 9.59 Å². The van der Waals surface area contributed by atoms with Gasteiger partial charge in [-0.3, -0.25) is 10.1 Å². The number of anilines is 1. The Bertz CT molecular complexity index is 968. The molecule has 0 aliphatic heterocycles. The van der Waals surface area contributed by atoms with Crippen molar-refractivity contribution in [2.24, 2.45) is 0 Å². The third-order valence-electron chi connectivity index (χ3n) is 3.35. The highest BCUT2D eigenvalue weighted by atomic mass is 32.1. The number of pyridine rings is 1. The number of nitrogens with zero attached hydrogens (tertiary/aromatic N) is 2. The summed E-state index contributed by atoms with van der Waals surface area (Å²) in [5.41, 5.74) is 0.953. The van der Waals surface area contributed by atoms with Gasteiger partial charge in [0.2, 0.25) is 0 Å². The van der Waals surface area contributed by atoms with Gasteiger partial charge in [0, 0.05) is 0 Å². The molecule has 0 aliphatic carbocycles. The van der Waals surface area contributed by atoms with Crippen LogP contribution in [0.4, 0.5) is 5.13 Å². The van der Waals surface area contributed by atoms with Crippen LogP contribution in [-0.4, -0.2) is 35.1 Å². The van der Waals surface area contributed by atoms with Crippen LogP contribution in [0.2, 0.25) is 0 Å². The number of benzene rings is 1. The van der Waals surface area contributed by atoms with E-state index < -0.39 is 11.9 Å². The normalized spacial score (nSPS) is 10.8. The van der Waals surface area contributed by atoms with E-state index >= 15 is 0 Å². The maximum absolute atomic E-state index is 12.4. The number of hydrogen-bond acceptors (Lipinski definition) is 7. The lowest BCUT2D eigenvalue weighted by atomic mass is 10.3. The second-order valence-electron chi connectivity index (χ2n) is 5.67. The topological polar surface area (TPSA) is 90.4 Å². The van der Waals surface area contributed by atoms with Gasteiger partial charge in [0.25, 0.3) is 5.91 Å². The number of carbonyl (C=O) groups excluding carboxylic acids is 2. The Balaban J connectivity index is 1.78. The lowest BCUT2D eigenvalue weighted by Gasteiger charge is -2.08. The van der Waals surface area contributed by atoms with Crippen molar-refractivity contribution in [3.63, 3.8) is 0 Å². The van der Waals surface area contributed by atoms with E-state index in [1.54, 1.807) is 33.1 Å². The van der Waals surface area contributed by atoms with Gasteiger partial charge in [-0.25, -0.2) is 14.8 Å². The number of fused-ring (bicyclic) bond motifs is 1. The van der Waals surface area contributed by atoms with Crippen molar-refractivity contribution < 1.29 is 19.1 Å². The van der Waals surface area contributed by atoms with Crippen molar-refractivity contribution in [3.8, 4) is 5.75 Å². The molecule has 26 heavy (non-hydrogen) atoms. The summed E-state index contributed by atoms with van der Waals surface area (Å²) in [6.45, 7) is 3.49. The van der Waals surface area contributed by atoms with Crippen molar-refractivity contribution in [3.05, 3.63) is 47.8 Å². The van der Waals surface area contributed by atoms with Gasteiger partial charge in [-0.15, -0.1) is 0 Å².